The van der Waals surface area contributed by atoms with Gasteiger partial charge in [-0.1, -0.05) is 68.3 Å². The van der Waals surface area contributed by atoms with Crippen molar-refractivity contribution in [3.8, 4) is 27.7 Å². The van der Waals surface area contributed by atoms with E-state index in [2.05, 4.69) is 19.1 Å². The van der Waals surface area contributed by atoms with Gasteiger partial charge >= 0.3 is 0 Å². The Morgan fingerprint density at radius 2 is 1.23 bits per heavy atom. The van der Waals surface area contributed by atoms with E-state index in [1.165, 1.54) is 35.9 Å². The number of thiocyanates is 1. The van der Waals surface area contributed by atoms with Crippen LogP contribution >= 0.6 is 11.8 Å². The molecule has 0 aliphatic carbocycles. The zero-order valence-electron chi connectivity index (χ0n) is 16.3. The summed E-state index contributed by atoms with van der Waals surface area (Å²) < 4.78 is 57.0. The minimum absolute atomic E-state index is 0.0104. The average Bonchev–Trinajstić information content (AvgIpc) is 2.77. The van der Waals surface area contributed by atoms with Crippen LogP contribution in [0.5, 0.6) is 0 Å². The second-order valence-electron chi connectivity index (χ2n) is 6.88. The van der Waals surface area contributed by atoms with Gasteiger partial charge in [-0.25, -0.2) is 17.6 Å². The number of halogens is 4. The maximum atomic E-state index is 14.4. The molecule has 0 radical (unpaired) electrons. The van der Waals surface area contributed by atoms with Crippen molar-refractivity contribution < 1.29 is 17.6 Å². The maximum absolute atomic E-state index is 14.4. The molecule has 30 heavy (non-hydrogen) atoms. The summed E-state index contributed by atoms with van der Waals surface area (Å²) in [5.74, 6) is -6.18. The van der Waals surface area contributed by atoms with Crippen molar-refractivity contribution in [3.05, 3.63) is 77.4 Å². The lowest BCUT2D eigenvalue weighted by atomic mass is 9.98. The summed E-state index contributed by atoms with van der Waals surface area (Å²) in [6.07, 6.45) is 4.51. The molecule has 0 saturated heterocycles. The fourth-order valence-electron chi connectivity index (χ4n) is 3.27. The number of rotatable bonds is 7. The highest BCUT2D eigenvalue weighted by Gasteiger charge is 2.26. The second kappa shape index (κ2) is 9.82. The lowest BCUT2D eigenvalue weighted by molar-refractivity contribution is 0.430. The number of hydrogen-bond acceptors (Lipinski definition) is 2. The number of nitriles is 1. The summed E-state index contributed by atoms with van der Waals surface area (Å²) >= 11 is 0.0431. The molecule has 0 aromatic heterocycles. The zero-order chi connectivity index (χ0) is 21.7. The van der Waals surface area contributed by atoms with Crippen molar-refractivity contribution in [2.24, 2.45) is 0 Å². The third-order valence-electron chi connectivity index (χ3n) is 4.90. The van der Waals surface area contributed by atoms with Crippen LogP contribution in [-0.2, 0) is 6.42 Å². The van der Waals surface area contributed by atoms with Crippen LogP contribution in [0, 0.1) is 33.9 Å². The SMILES string of the molecule is CCCCCc1ccc(-c2ccc(-c3c(F)c(F)c(SC#N)c(F)c3F)cc2)cc1. The normalized spacial score (nSPS) is 10.8. The molecule has 3 aromatic rings. The Morgan fingerprint density at radius 1 is 0.733 bits per heavy atom. The van der Waals surface area contributed by atoms with Crippen LogP contribution in [0.2, 0.25) is 0 Å². The van der Waals surface area contributed by atoms with Gasteiger partial charge in [0.05, 0.1) is 10.5 Å². The van der Waals surface area contributed by atoms with E-state index >= 15 is 0 Å². The van der Waals surface area contributed by atoms with Crippen LogP contribution in [0.3, 0.4) is 0 Å². The van der Waals surface area contributed by atoms with Gasteiger partial charge in [-0.2, -0.15) is 5.26 Å². The topological polar surface area (TPSA) is 23.8 Å². The van der Waals surface area contributed by atoms with Crippen molar-refractivity contribution in [1.29, 1.82) is 5.26 Å². The van der Waals surface area contributed by atoms with E-state index in [-0.39, 0.29) is 17.3 Å². The molecule has 0 aliphatic heterocycles. The number of unbranched alkanes of at least 4 members (excludes halogenated alkanes) is 2. The van der Waals surface area contributed by atoms with Gasteiger partial charge in [-0.05, 0) is 46.9 Å². The van der Waals surface area contributed by atoms with Crippen LogP contribution in [0.25, 0.3) is 22.3 Å². The lowest BCUT2D eigenvalue weighted by Gasteiger charge is -2.11. The van der Waals surface area contributed by atoms with Crippen LogP contribution in [0.1, 0.15) is 31.7 Å². The third kappa shape index (κ3) is 4.52. The zero-order valence-corrected chi connectivity index (χ0v) is 17.1. The Bertz CT molecular complexity index is 1040. The first kappa shape index (κ1) is 21.9. The number of aryl methyl sites for hydroxylation is 1. The third-order valence-corrected chi connectivity index (χ3v) is 5.55. The predicted molar refractivity (Wildman–Crippen MR) is 112 cm³/mol. The van der Waals surface area contributed by atoms with E-state index in [4.69, 9.17) is 5.26 Å². The molecule has 154 valence electrons. The highest BCUT2D eigenvalue weighted by atomic mass is 32.2. The Balaban J connectivity index is 1.89. The molecule has 0 amide bonds. The molecule has 0 unspecified atom stereocenters. The van der Waals surface area contributed by atoms with E-state index in [9.17, 15) is 17.6 Å². The van der Waals surface area contributed by atoms with E-state index in [0.717, 1.165) is 24.0 Å². The first-order valence-corrected chi connectivity index (χ1v) is 10.4. The highest BCUT2D eigenvalue weighted by Crippen LogP contribution is 2.36. The number of hydrogen-bond donors (Lipinski definition) is 0. The monoisotopic (exact) mass is 429 g/mol. The predicted octanol–water partition coefficient (Wildman–Crippen LogP) is 7.88. The fourth-order valence-corrected chi connectivity index (χ4v) is 3.72. The van der Waals surface area contributed by atoms with Crippen LogP contribution in [-0.4, -0.2) is 0 Å². The van der Waals surface area contributed by atoms with Gasteiger partial charge < -0.3 is 0 Å². The summed E-state index contributed by atoms with van der Waals surface area (Å²) in [4.78, 5) is -0.980. The molecule has 0 saturated carbocycles. The maximum Gasteiger partial charge on any atom is 0.177 e. The average molecular weight is 429 g/mol. The number of nitrogens with zero attached hydrogens (tertiary/aromatic N) is 1. The molecule has 6 heteroatoms. The van der Waals surface area contributed by atoms with Crippen LogP contribution in [0.15, 0.2) is 53.4 Å². The summed E-state index contributed by atoms with van der Waals surface area (Å²) in [5, 5.41) is 10.0. The Kier molecular flexibility index (Phi) is 7.17. The smallest absolute Gasteiger partial charge is 0.177 e. The second-order valence-corrected chi connectivity index (χ2v) is 7.68. The largest absolute Gasteiger partial charge is 0.203 e. The number of thioether (sulfide) groups is 1. The Labute approximate surface area is 177 Å². The van der Waals surface area contributed by atoms with E-state index < -0.39 is 33.7 Å². The molecule has 1 nitrogen and oxygen atoms in total. The number of benzene rings is 3. The molecular weight excluding hydrogens is 410 g/mol. The van der Waals surface area contributed by atoms with Crippen molar-refractivity contribution in [3.63, 3.8) is 0 Å². The first-order chi connectivity index (χ1) is 14.5. The van der Waals surface area contributed by atoms with Gasteiger partial charge in [0, 0.05) is 0 Å². The van der Waals surface area contributed by atoms with Gasteiger partial charge in [-0.15, -0.1) is 0 Å². The molecule has 0 heterocycles. The summed E-state index contributed by atoms with van der Waals surface area (Å²) in [6, 6.07) is 14.2. The summed E-state index contributed by atoms with van der Waals surface area (Å²) in [6.45, 7) is 2.16. The van der Waals surface area contributed by atoms with Crippen LogP contribution in [0.4, 0.5) is 17.6 Å². The van der Waals surface area contributed by atoms with Gasteiger partial charge in [0.25, 0.3) is 0 Å². The Morgan fingerprint density at radius 3 is 1.73 bits per heavy atom. The first-order valence-electron chi connectivity index (χ1n) is 9.59. The molecule has 3 aromatic carbocycles. The van der Waals surface area contributed by atoms with Gasteiger partial charge in [0.2, 0.25) is 0 Å². The van der Waals surface area contributed by atoms with E-state index in [1.807, 2.05) is 12.1 Å². The van der Waals surface area contributed by atoms with E-state index in [1.54, 1.807) is 12.1 Å². The van der Waals surface area contributed by atoms with Gasteiger partial charge in [-0.3, -0.25) is 0 Å². The van der Waals surface area contributed by atoms with E-state index in [0.29, 0.717) is 0 Å². The minimum Gasteiger partial charge on any atom is -0.203 e. The van der Waals surface area contributed by atoms with Crippen molar-refractivity contribution in [1.82, 2.24) is 0 Å². The molecule has 3 rings (SSSR count). The summed E-state index contributed by atoms with van der Waals surface area (Å²) in [5.41, 5.74) is 2.22. The van der Waals surface area contributed by atoms with Gasteiger partial charge in [0.1, 0.15) is 5.40 Å². The van der Waals surface area contributed by atoms with Crippen molar-refractivity contribution in [2.45, 2.75) is 37.5 Å². The molecule has 0 aliphatic rings. The molecule has 0 atom stereocenters. The molecule has 0 bridgehead atoms. The van der Waals surface area contributed by atoms with Crippen LogP contribution < -0.4 is 0 Å². The highest BCUT2D eigenvalue weighted by molar-refractivity contribution is 8.03. The molecule has 0 fully saturated rings. The molecular formula is C24H19F4NS. The quantitative estimate of drug-likeness (QED) is 0.125. The Hall–Kier alpha value is -2.78. The molecule has 0 spiro atoms. The lowest BCUT2D eigenvalue weighted by Crippen LogP contribution is -2.02. The van der Waals surface area contributed by atoms with Crippen molar-refractivity contribution >= 4 is 11.8 Å². The fraction of sp³-hybridized carbons (Fsp3) is 0.208. The molecule has 0 N–H and O–H groups in total. The standard InChI is InChI=1S/C24H19F4NS/c1-2-3-4-5-15-6-8-16(9-7-15)17-10-12-18(13-11-17)19-20(25)22(27)24(30-14-29)23(28)21(19)26/h6-13H,2-5H2,1H3. The minimum atomic E-state index is -1.57. The summed E-state index contributed by atoms with van der Waals surface area (Å²) in [7, 11) is 0. The van der Waals surface area contributed by atoms with Crippen molar-refractivity contribution in [2.75, 3.05) is 0 Å². The van der Waals surface area contributed by atoms with Gasteiger partial charge in [0.15, 0.2) is 23.3 Å².